The van der Waals surface area contributed by atoms with Crippen LogP contribution in [0, 0.1) is 17.0 Å². The fraction of sp³-hybridized carbons (Fsp3) is 0.125. The van der Waals surface area contributed by atoms with Crippen LogP contribution in [0.1, 0.15) is 15.9 Å². The number of benzene rings is 1. The summed E-state index contributed by atoms with van der Waals surface area (Å²) in [4.78, 5) is 20.7. The summed E-state index contributed by atoms with van der Waals surface area (Å²) in [5.74, 6) is -1.31. The summed E-state index contributed by atoms with van der Waals surface area (Å²) in [5, 5.41) is 19.4. The lowest BCUT2D eigenvalue weighted by molar-refractivity contribution is -0.388. The molecular formula is C8H7NO4S. The van der Waals surface area contributed by atoms with Crippen LogP contribution in [0.3, 0.4) is 0 Å². The Labute approximate surface area is 84.9 Å². The van der Waals surface area contributed by atoms with Crippen LogP contribution in [0.5, 0.6) is 0 Å². The molecule has 0 bridgehead atoms. The average molecular weight is 213 g/mol. The van der Waals surface area contributed by atoms with E-state index in [4.69, 9.17) is 5.11 Å². The zero-order valence-electron chi connectivity index (χ0n) is 7.22. The number of nitro benzene ring substituents is 1. The van der Waals surface area contributed by atoms with Crippen molar-refractivity contribution in [1.82, 2.24) is 0 Å². The van der Waals surface area contributed by atoms with Gasteiger partial charge in [-0.05, 0) is 18.6 Å². The summed E-state index contributed by atoms with van der Waals surface area (Å²) in [6.45, 7) is 1.50. The zero-order valence-corrected chi connectivity index (χ0v) is 8.12. The first kappa shape index (κ1) is 10.5. The first-order chi connectivity index (χ1) is 6.45. The number of aryl methyl sites for hydroxylation is 1. The monoisotopic (exact) mass is 213 g/mol. The maximum absolute atomic E-state index is 10.8. The van der Waals surface area contributed by atoms with Crippen LogP contribution in [0.25, 0.3) is 0 Å². The van der Waals surface area contributed by atoms with E-state index in [0.29, 0.717) is 5.56 Å². The molecule has 0 atom stereocenters. The summed E-state index contributed by atoms with van der Waals surface area (Å²) in [5.41, 5.74) is -0.412. The number of thiol groups is 1. The van der Waals surface area contributed by atoms with Crippen molar-refractivity contribution >= 4 is 24.3 Å². The van der Waals surface area contributed by atoms with E-state index >= 15 is 0 Å². The second-order valence-corrected chi connectivity index (χ2v) is 3.17. The first-order valence-electron chi connectivity index (χ1n) is 3.65. The molecule has 14 heavy (non-hydrogen) atoms. The number of rotatable bonds is 2. The maximum atomic E-state index is 10.8. The topological polar surface area (TPSA) is 80.4 Å². The molecule has 0 fully saturated rings. The number of carboxylic acid groups (broad SMARTS) is 1. The van der Waals surface area contributed by atoms with Crippen LogP contribution in [0.15, 0.2) is 17.0 Å². The SMILES string of the molecule is Cc1ccc(S)c([N+](=O)[O-])c1C(=O)O. The van der Waals surface area contributed by atoms with Gasteiger partial charge in [-0.3, -0.25) is 10.1 Å². The number of carbonyl (C=O) groups is 1. The molecule has 0 amide bonds. The Morgan fingerprint density at radius 3 is 2.50 bits per heavy atom. The van der Waals surface area contributed by atoms with E-state index in [1.807, 2.05) is 0 Å². The lowest BCUT2D eigenvalue weighted by atomic mass is 10.1. The second-order valence-electron chi connectivity index (χ2n) is 2.69. The molecular weight excluding hydrogens is 206 g/mol. The lowest BCUT2D eigenvalue weighted by Crippen LogP contribution is -2.05. The molecule has 1 aromatic carbocycles. The van der Waals surface area contributed by atoms with Gasteiger partial charge in [0.2, 0.25) is 0 Å². The number of aromatic carboxylic acids is 1. The van der Waals surface area contributed by atoms with Crippen molar-refractivity contribution in [3.05, 3.63) is 33.4 Å². The highest BCUT2D eigenvalue weighted by Gasteiger charge is 2.24. The normalized spacial score (nSPS) is 9.86. The molecule has 0 spiro atoms. The van der Waals surface area contributed by atoms with Gasteiger partial charge in [-0.2, -0.15) is 0 Å². The molecule has 0 heterocycles. The Kier molecular flexibility index (Phi) is 2.76. The summed E-state index contributed by atoms with van der Waals surface area (Å²) < 4.78 is 0. The van der Waals surface area contributed by atoms with Crippen LogP contribution < -0.4 is 0 Å². The van der Waals surface area contributed by atoms with E-state index in [9.17, 15) is 14.9 Å². The Morgan fingerprint density at radius 2 is 2.14 bits per heavy atom. The molecule has 0 radical (unpaired) electrons. The third-order valence-electron chi connectivity index (χ3n) is 1.76. The van der Waals surface area contributed by atoms with Gasteiger partial charge in [-0.15, -0.1) is 12.6 Å². The smallest absolute Gasteiger partial charge is 0.343 e. The standard InChI is InChI=1S/C8H7NO4S/c1-4-2-3-5(14)7(9(12)13)6(4)8(10)11/h2-3,14H,1H3,(H,10,11). The van der Waals surface area contributed by atoms with Crippen molar-refractivity contribution in [1.29, 1.82) is 0 Å². The number of nitro groups is 1. The Hall–Kier alpha value is -1.56. The van der Waals surface area contributed by atoms with Crippen LogP contribution >= 0.6 is 12.6 Å². The summed E-state index contributed by atoms with van der Waals surface area (Å²) in [6.07, 6.45) is 0. The molecule has 0 saturated heterocycles. The second kappa shape index (κ2) is 3.67. The number of hydrogen-bond donors (Lipinski definition) is 2. The van der Waals surface area contributed by atoms with E-state index in [2.05, 4.69) is 12.6 Å². The molecule has 74 valence electrons. The predicted molar refractivity (Wildman–Crippen MR) is 52.0 cm³/mol. The van der Waals surface area contributed by atoms with E-state index < -0.39 is 16.6 Å². The summed E-state index contributed by atoms with van der Waals surface area (Å²) in [6, 6.07) is 2.89. The molecule has 5 nitrogen and oxygen atoms in total. The van der Waals surface area contributed by atoms with Gasteiger partial charge in [0.05, 0.1) is 9.82 Å². The summed E-state index contributed by atoms with van der Waals surface area (Å²) >= 11 is 3.84. The quantitative estimate of drug-likeness (QED) is 0.446. The molecule has 0 unspecified atom stereocenters. The van der Waals surface area contributed by atoms with Crippen LogP contribution in [0.4, 0.5) is 5.69 Å². The Balaban J connectivity index is 3.58. The van der Waals surface area contributed by atoms with E-state index in [-0.39, 0.29) is 10.5 Å². The molecule has 0 aliphatic rings. The van der Waals surface area contributed by atoms with E-state index in [1.165, 1.54) is 19.1 Å². The van der Waals surface area contributed by atoms with Gasteiger partial charge in [0.25, 0.3) is 5.69 Å². The van der Waals surface area contributed by atoms with Crippen molar-refractivity contribution in [3.63, 3.8) is 0 Å². The molecule has 1 rings (SSSR count). The van der Waals surface area contributed by atoms with Gasteiger partial charge >= 0.3 is 5.97 Å². The minimum absolute atomic E-state index is 0.0537. The third-order valence-corrected chi connectivity index (χ3v) is 2.12. The highest BCUT2D eigenvalue weighted by Crippen LogP contribution is 2.29. The molecule has 6 heteroatoms. The van der Waals surface area contributed by atoms with Gasteiger partial charge in [-0.25, -0.2) is 4.79 Å². The van der Waals surface area contributed by atoms with Crippen molar-refractivity contribution < 1.29 is 14.8 Å². The van der Waals surface area contributed by atoms with Gasteiger partial charge in [0.1, 0.15) is 5.56 Å². The zero-order chi connectivity index (χ0) is 10.9. The summed E-state index contributed by atoms with van der Waals surface area (Å²) in [7, 11) is 0. The van der Waals surface area contributed by atoms with Gasteiger partial charge < -0.3 is 5.11 Å². The average Bonchev–Trinajstić information content (AvgIpc) is 2.07. The predicted octanol–water partition coefficient (Wildman–Crippen LogP) is 1.89. The minimum Gasteiger partial charge on any atom is -0.477 e. The van der Waals surface area contributed by atoms with Gasteiger partial charge in [0.15, 0.2) is 0 Å². The first-order valence-corrected chi connectivity index (χ1v) is 4.10. The Morgan fingerprint density at radius 1 is 1.57 bits per heavy atom. The van der Waals surface area contributed by atoms with Crippen LogP contribution in [-0.4, -0.2) is 16.0 Å². The maximum Gasteiger partial charge on any atom is 0.343 e. The van der Waals surface area contributed by atoms with Gasteiger partial charge in [0, 0.05) is 0 Å². The minimum atomic E-state index is -1.31. The van der Waals surface area contributed by atoms with Crippen LogP contribution in [-0.2, 0) is 0 Å². The molecule has 0 aromatic heterocycles. The highest BCUT2D eigenvalue weighted by molar-refractivity contribution is 7.80. The van der Waals surface area contributed by atoms with Crippen LogP contribution in [0.2, 0.25) is 0 Å². The fourth-order valence-corrected chi connectivity index (χ4v) is 1.40. The van der Waals surface area contributed by atoms with E-state index in [0.717, 1.165) is 0 Å². The molecule has 1 aromatic rings. The highest BCUT2D eigenvalue weighted by atomic mass is 32.1. The van der Waals surface area contributed by atoms with Crippen molar-refractivity contribution in [2.75, 3.05) is 0 Å². The van der Waals surface area contributed by atoms with Gasteiger partial charge in [-0.1, -0.05) is 6.07 Å². The fourth-order valence-electron chi connectivity index (χ4n) is 1.14. The lowest BCUT2D eigenvalue weighted by Gasteiger charge is -2.03. The number of carboxylic acids is 1. The molecule has 0 aliphatic heterocycles. The number of nitrogens with zero attached hydrogens (tertiary/aromatic N) is 1. The molecule has 0 saturated carbocycles. The number of hydrogen-bond acceptors (Lipinski definition) is 4. The largest absolute Gasteiger partial charge is 0.477 e. The van der Waals surface area contributed by atoms with E-state index in [1.54, 1.807) is 0 Å². The van der Waals surface area contributed by atoms with Crippen molar-refractivity contribution in [2.24, 2.45) is 0 Å². The molecule has 0 aliphatic carbocycles. The van der Waals surface area contributed by atoms with Crippen molar-refractivity contribution in [3.8, 4) is 0 Å². The van der Waals surface area contributed by atoms with Crippen molar-refractivity contribution in [2.45, 2.75) is 11.8 Å². The Bertz CT molecular complexity index is 377. The third kappa shape index (κ3) is 1.69. The molecule has 1 N–H and O–H groups in total.